The van der Waals surface area contributed by atoms with Crippen molar-refractivity contribution in [2.45, 2.75) is 52.2 Å². The fourth-order valence-electron chi connectivity index (χ4n) is 3.99. The average Bonchev–Trinajstić information content (AvgIpc) is 2.78. The monoisotopic (exact) mass is 435 g/mol. The molecular weight excluding hydrogens is 398 g/mol. The highest BCUT2D eigenvalue weighted by molar-refractivity contribution is 5.90. The molecule has 172 valence electrons. The molecule has 3 rings (SSSR count). The molecule has 0 aromatic heterocycles. The molecule has 0 spiro atoms. The Hall–Kier alpha value is -2.86. The first-order valence-corrected chi connectivity index (χ1v) is 11.6. The maximum Gasteiger partial charge on any atom is 0.224 e. The van der Waals surface area contributed by atoms with Crippen LogP contribution in [0.1, 0.15) is 44.2 Å². The number of likely N-dealkylation sites (tertiary alicyclic amines) is 1. The zero-order chi connectivity index (χ0) is 22.8. The number of nitrogens with one attached hydrogen (secondary N) is 3. The third-order valence-electron chi connectivity index (χ3n) is 5.67. The summed E-state index contributed by atoms with van der Waals surface area (Å²) in [5, 5.41) is 9.97. The smallest absolute Gasteiger partial charge is 0.224 e. The van der Waals surface area contributed by atoms with Crippen LogP contribution in [-0.2, 0) is 17.9 Å². The average molecular weight is 436 g/mol. The van der Waals surface area contributed by atoms with Crippen molar-refractivity contribution in [2.75, 3.05) is 25.5 Å². The zero-order valence-corrected chi connectivity index (χ0v) is 19.6. The van der Waals surface area contributed by atoms with Gasteiger partial charge in [-0.15, -0.1) is 0 Å². The van der Waals surface area contributed by atoms with E-state index in [0.717, 1.165) is 49.7 Å². The fourth-order valence-corrected chi connectivity index (χ4v) is 3.99. The molecule has 6 heteroatoms. The Morgan fingerprint density at radius 1 is 1.06 bits per heavy atom. The van der Waals surface area contributed by atoms with Crippen molar-refractivity contribution >= 4 is 17.6 Å². The van der Waals surface area contributed by atoms with Crippen LogP contribution >= 0.6 is 0 Å². The highest BCUT2D eigenvalue weighted by atomic mass is 16.1. The maximum absolute atomic E-state index is 12.0. The minimum absolute atomic E-state index is 0.0567. The van der Waals surface area contributed by atoms with E-state index in [1.165, 1.54) is 5.56 Å². The normalized spacial score (nSPS) is 15.6. The molecule has 0 bridgehead atoms. The summed E-state index contributed by atoms with van der Waals surface area (Å²) in [5.74, 6) is 1.22. The lowest BCUT2D eigenvalue weighted by Gasteiger charge is -2.33. The number of aliphatic imine (C=N–C) groups is 1. The number of hydrogen-bond acceptors (Lipinski definition) is 3. The number of nitrogens with zero attached hydrogens (tertiary/aromatic N) is 2. The predicted molar refractivity (Wildman–Crippen MR) is 133 cm³/mol. The van der Waals surface area contributed by atoms with Gasteiger partial charge in [-0.25, -0.2) is 0 Å². The van der Waals surface area contributed by atoms with Gasteiger partial charge in [-0.2, -0.15) is 0 Å². The van der Waals surface area contributed by atoms with Gasteiger partial charge in [0.05, 0.1) is 0 Å². The van der Waals surface area contributed by atoms with Crippen molar-refractivity contribution in [3.8, 4) is 0 Å². The number of amides is 1. The molecule has 1 fully saturated rings. The van der Waals surface area contributed by atoms with Crippen molar-refractivity contribution in [1.29, 1.82) is 0 Å². The van der Waals surface area contributed by atoms with E-state index >= 15 is 0 Å². The van der Waals surface area contributed by atoms with Crippen molar-refractivity contribution in [3.05, 3.63) is 65.7 Å². The van der Waals surface area contributed by atoms with E-state index in [2.05, 4.69) is 62.2 Å². The van der Waals surface area contributed by atoms with Crippen LogP contribution in [0.25, 0.3) is 0 Å². The second-order valence-electron chi connectivity index (χ2n) is 8.95. The lowest BCUT2D eigenvalue weighted by Crippen LogP contribution is -2.48. The van der Waals surface area contributed by atoms with Crippen LogP contribution in [0.3, 0.4) is 0 Å². The molecule has 1 aliphatic heterocycles. The molecule has 0 unspecified atom stereocenters. The van der Waals surface area contributed by atoms with Gasteiger partial charge in [-0.1, -0.05) is 56.3 Å². The van der Waals surface area contributed by atoms with Crippen molar-refractivity contribution in [1.82, 2.24) is 15.5 Å². The molecule has 0 aliphatic carbocycles. The first-order valence-electron chi connectivity index (χ1n) is 11.6. The van der Waals surface area contributed by atoms with Crippen molar-refractivity contribution in [2.24, 2.45) is 10.9 Å². The van der Waals surface area contributed by atoms with E-state index in [0.29, 0.717) is 24.9 Å². The first kappa shape index (κ1) is 23.8. The molecule has 3 N–H and O–H groups in total. The van der Waals surface area contributed by atoms with Gasteiger partial charge in [0, 0.05) is 51.4 Å². The van der Waals surface area contributed by atoms with Gasteiger partial charge >= 0.3 is 0 Å². The number of benzene rings is 2. The van der Waals surface area contributed by atoms with Crippen LogP contribution < -0.4 is 16.0 Å². The Kier molecular flexibility index (Phi) is 9.11. The third-order valence-corrected chi connectivity index (χ3v) is 5.67. The quantitative estimate of drug-likeness (QED) is 0.433. The molecule has 1 aliphatic rings. The van der Waals surface area contributed by atoms with Crippen LogP contribution in [0.5, 0.6) is 0 Å². The molecule has 0 radical (unpaired) electrons. The molecule has 2 aromatic carbocycles. The second-order valence-corrected chi connectivity index (χ2v) is 8.95. The van der Waals surface area contributed by atoms with Gasteiger partial charge in [0.2, 0.25) is 5.91 Å². The largest absolute Gasteiger partial charge is 0.354 e. The van der Waals surface area contributed by atoms with Crippen LogP contribution in [0.4, 0.5) is 5.69 Å². The lowest BCUT2D eigenvalue weighted by atomic mass is 10.0. The maximum atomic E-state index is 12.0. The molecule has 2 aromatic rings. The molecule has 1 amide bonds. The highest BCUT2D eigenvalue weighted by Gasteiger charge is 2.20. The van der Waals surface area contributed by atoms with Gasteiger partial charge in [0.1, 0.15) is 0 Å². The summed E-state index contributed by atoms with van der Waals surface area (Å²) in [7, 11) is 1.81. The van der Waals surface area contributed by atoms with Crippen LogP contribution in [0, 0.1) is 5.92 Å². The third kappa shape index (κ3) is 8.00. The Bertz CT molecular complexity index is 873. The first-order chi connectivity index (χ1) is 15.5. The Balaban J connectivity index is 1.42. The van der Waals surface area contributed by atoms with E-state index in [-0.39, 0.29) is 5.91 Å². The molecule has 6 nitrogen and oxygen atoms in total. The van der Waals surface area contributed by atoms with Crippen molar-refractivity contribution in [3.63, 3.8) is 0 Å². The Morgan fingerprint density at radius 2 is 1.78 bits per heavy atom. The number of carbonyl (C=O) groups is 1. The minimum Gasteiger partial charge on any atom is -0.354 e. The van der Waals surface area contributed by atoms with E-state index < -0.39 is 0 Å². The molecular formula is C26H37N5O. The topological polar surface area (TPSA) is 68.8 Å². The standard InChI is InChI=1S/C26H37N5O/c1-20(2)16-25(32)29-24-11-7-10-22(17-24)18-28-26(27-3)30-23-12-14-31(15-13-23)19-21-8-5-4-6-9-21/h4-11,17,20,23H,12-16,18-19H2,1-3H3,(H,29,32)(H2,27,28,30). The van der Waals surface area contributed by atoms with Gasteiger partial charge in [-0.3, -0.25) is 14.7 Å². The number of rotatable bonds is 8. The molecule has 1 saturated heterocycles. The highest BCUT2D eigenvalue weighted by Crippen LogP contribution is 2.15. The van der Waals surface area contributed by atoms with Gasteiger partial charge in [-0.05, 0) is 42.0 Å². The zero-order valence-electron chi connectivity index (χ0n) is 19.6. The SMILES string of the molecule is CN=C(NCc1cccc(NC(=O)CC(C)C)c1)NC1CCN(Cc2ccccc2)CC1. The predicted octanol–water partition coefficient (Wildman–Crippen LogP) is 4.00. The van der Waals surface area contributed by atoms with E-state index in [9.17, 15) is 4.79 Å². The number of hydrogen-bond donors (Lipinski definition) is 3. The molecule has 0 atom stereocenters. The Morgan fingerprint density at radius 3 is 2.47 bits per heavy atom. The van der Waals surface area contributed by atoms with E-state index in [4.69, 9.17) is 0 Å². The summed E-state index contributed by atoms with van der Waals surface area (Å²) < 4.78 is 0. The summed E-state index contributed by atoms with van der Waals surface area (Å²) >= 11 is 0. The summed E-state index contributed by atoms with van der Waals surface area (Å²) in [6.07, 6.45) is 2.74. The Labute approximate surface area is 192 Å². The molecule has 0 saturated carbocycles. The summed E-state index contributed by atoms with van der Waals surface area (Å²) in [6, 6.07) is 19.1. The summed E-state index contributed by atoms with van der Waals surface area (Å²) in [5.41, 5.74) is 3.32. The van der Waals surface area contributed by atoms with Gasteiger partial charge < -0.3 is 16.0 Å². The number of anilines is 1. The fraction of sp³-hybridized carbons (Fsp3) is 0.462. The summed E-state index contributed by atoms with van der Waals surface area (Å²) in [6.45, 7) is 7.94. The lowest BCUT2D eigenvalue weighted by molar-refractivity contribution is -0.116. The van der Waals surface area contributed by atoms with Gasteiger partial charge in [0.15, 0.2) is 5.96 Å². The second kappa shape index (κ2) is 12.2. The van der Waals surface area contributed by atoms with E-state index in [1.54, 1.807) is 0 Å². The van der Waals surface area contributed by atoms with Gasteiger partial charge in [0.25, 0.3) is 0 Å². The minimum atomic E-state index is 0.0567. The molecule has 32 heavy (non-hydrogen) atoms. The number of piperidine rings is 1. The number of carbonyl (C=O) groups excluding carboxylic acids is 1. The van der Waals surface area contributed by atoms with Crippen LogP contribution in [0.15, 0.2) is 59.6 Å². The molecule has 1 heterocycles. The van der Waals surface area contributed by atoms with Crippen LogP contribution in [0.2, 0.25) is 0 Å². The number of guanidine groups is 1. The van der Waals surface area contributed by atoms with E-state index in [1.807, 2.05) is 39.1 Å². The van der Waals surface area contributed by atoms with Crippen LogP contribution in [-0.4, -0.2) is 42.9 Å². The summed E-state index contributed by atoms with van der Waals surface area (Å²) in [4.78, 5) is 18.9. The van der Waals surface area contributed by atoms with Crippen molar-refractivity contribution < 1.29 is 4.79 Å².